The maximum Gasteiger partial charge on any atom is 0.410 e. The normalized spacial score (nSPS) is 19.9. The highest BCUT2D eigenvalue weighted by molar-refractivity contribution is 5.97. The van der Waals surface area contributed by atoms with E-state index in [1.165, 1.54) is 12.1 Å². The number of rotatable bonds is 4. The van der Waals surface area contributed by atoms with Crippen molar-refractivity contribution in [2.24, 2.45) is 0 Å². The maximum absolute atomic E-state index is 16.0. The fourth-order valence-electron chi connectivity index (χ4n) is 6.93. The summed E-state index contributed by atoms with van der Waals surface area (Å²) < 4.78 is 37.6. The topological polar surface area (TPSA) is 128 Å². The van der Waals surface area contributed by atoms with E-state index in [2.05, 4.69) is 10.3 Å². The van der Waals surface area contributed by atoms with Crippen LogP contribution in [-0.4, -0.2) is 67.7 Å². The van der Waals surface area contributed by atoms with Gasteiger partial charge in [0.15, 0.2) is 0 Å². The number of aromatic amines is 1. The highest BCUT2D eigenvalue weighted by atomic mass is 19.3. The Kier molecular flexibility index (Phi) is 7.21. The summed E-state index contributed by atoms with van der Waals surface area (Å²) in [6, 6.07) is 13.8. The summed E-state index contributed by atoms with van der Waals surface area (Å²) in [7, 11) is 0. The van der Waals surface area contributed by atoms with E-state index in [4.69, 9.17) is 9.72 Å². The number of halogens is 2. The molecule has 2 fully saturated rings. The average molecular weight is 644 g/mol. The SMILES string of the molecule is CC(C)(C)OC(=O)N1CCCC1c1nc2cc(-c3ccc4c(c3)C(F)(F)c3cc(NC(=O)C5CCCN5C(=O)O)ccc3-4)ccc2[nH]1. The molecular formula is C35H35F2N5O5. The summed E-state index contributed by atoms with van der Waals surface area (Å²) in [6.07, 6.45) is 0.957. The average Bonchev–Trinajstić information content (AvgIpc) is 3.81. The molecule has 12 heteroatoms. The smallest absolute Gasteiger partial charge is 0.410 e. The van der Waals surface area contributed by atoms with Crippen LogP contribution in [0.2, 0.25) is 0 Å². The number of hydrogen-bond acceptors (Lipinski definition) is 5. The molecule has 3 aliphatic rings. The Morgan fingerprint density at radius 1 is 0.936 bits per heavy atom. The Morgan fingerprint density at radius 3 is 2.34 bits per heavy atom. The van der Waals surface area contributed by atoms with E-state index >= 15 is 8.78 Å². The minimum atomic E-state index is -3.32. The quantitative estimate of drug-likeness (QED) is 0.211. The summed E-state index contributed by atoms with van der Waals surface area (Å²) >= 11 is 0. The van der Waals surface area contributed by atoms with Crippen molar-refractivity contribution in [3.05, 3.63) is 71.5 Å². The van der Waals surface area contributed by atoms with Gasteiger partial charge in [0, 0.05) is 29.9 Å². The number of nitrogens with one attached hydrogen (secondary N) is 2. The number of benzene rings is 3. The third-order valence-corrected chi connectivity index (χ3v) is 9.11. The van der Waals surface area contributed by atoms with Crippen LogP contribution in [0.4, 0.5) is 24.1 Å². The molecule has 4 aromatic rings. The van der Waals surface area contributed by atoms with Gasteiger partial charge in [0.1, 0.15) is 17.5 Å². The molecule has 0 spiro atoms. The van der Waals surface area contributed by atoms with Gasteiger partial charge in [0.25, 0.3) is 5.92 Å². The number of carbonyl (C=O) groups is 3. The number of fused-ring (bicyclic) bond motifs is 4. The number of aromatic nitrogens is 2. The highest BCUT2D eigenvalue weighted by Crippen LogP contribution is 2.52. The lowest BCUT2D eigenvalue weighted by molar-refractivity contribution is -0.119. The molecule has 1 aliphatic carbocycles. The van der Waals surface area contributed by atoms with Gasteiger partial charge in [-0.15, -0.1) is 0 Å². The lowest BCUT2D eigenvalue weighted by Crippen LogP contribution is -2.42. The molecule has 3 aromatic carbocycles. The first-order valence-corrected chi connectivity index (χ1v) is 15.8. The van der Waals surface area contributed by atoms with Crippen LogP contribution < -0.4 is 5.32 Å². The predicted molar refractivity (Wildman–Crippen MR) is 171 cm³/mol. The molecule has 2 atom stereocenters. The Bertz CT molecular complexity index is 1930. The van der Waals surface area contributed by atoms with Crippen LogP contribution in [0.1, 0.15) is 69.4 Å². The second-order valence-corrected chi connectivity index (χ2v) is 13.4. The van der Waals surface area contributed by atoms with E-state index in [1.54, 1.807) is 29.2 Å². The second-order valence-electron chi connectivity index (χ2n) is 13.4. The van der Waals surface area contributed by atoms with Gasteiger partial charge in [0.2, 0.25) is 5.91 Å². The van der Waals surface area contributed by atoms with Gasteiger partial charge in [-0.2, -0.15) is 8.78 Å². The molecule has 2 saturated heterocycles. The van der Waals surface area contributed by atoms with Gasteiger partial charge in [-0.3, -0.25) is 14.6 Å². The Balaban J connectivity index is 1.13. The number of anilines is 1. The molecule has 3 amide bonds. The van der Waals surface area contributed by atoms with Crippen LogP contribution in [0.25, 0.3) is 33.3 Å². The number of H-pyrrole nitrogens is 1. The number of alkyl halides is 2. The second kappa shape index (κ2) is 11.1. The monoisotopic (exact) mass is 643 g/mol. The van der Waals surface area contributed by atoms with E-state index in [-0.39, 0.29) is 35.5 Å². The molecule has 10 nitrogen and oxygen atoms in total. The molecule has 0 saturated carbocycles. The molecule has 3 N–H and O–H groups in total. The van der Waals surface area contributed by atoms with Crippen molar-refractivity contribution < 1.29 is 33.0 Å². The third kappa shape index (κ3) is 5.45. The molecule has 47 heavy (non-hydrogen) atoms. The molecule has 7 rings (SSSR count). The summed E-state index contributed by atoms with van der Waals surface area (Å²) in [4.78, 5) is 48.1. The van der Waals surface area contributed by atoms with Gasteiger partial charge in [-0.05, 0) is 99.0 Å². The number of amides is 3. The molecule has 2 unspecified atom stereocenters. The van der Waals surface area contributed by atoms with Gasteiger partial charge in [0.05, 0.1) is 17.1 Å². The van der Waals surface area contributed by atoms with Crippen molar-refractivity contribution in [2.75, 3.05) is 18.4 Å². The number of imidazole rings is 1. The largest absolute Gasteiger partial charge is 0.465 e. The number of carbonyl (C=O) groups excluding carboxylic acids is 2. The van der Waals surface area contributed by atoms with Gasteiger partial charge < -0.3 is 20.1 Å². The summed E-state index contributed by atoms with van der Waals surface area (Å²) in [6.45, 7) is 6.33. The van der Waals surface area contributed by atoms with Gasteiger partial charge >= 0.3 is 12.2 Å². The molecule has 1 aromatic heterocycles. The third-order valence-electron chi connectivity index (χ3n) is 9.11. The summed E-state index contributed by atoms with van der Waals surface area (Å²) in [5.41, 5.74) is 2.75. The van der Waals surface area contributed by atoms with Crippen molar-refractivity contribution in [1.29, 1.82) is 0 Å². The van der Waals surface area contributed by atoms with E-state index in [9.17, 15) is 19.5 Å². The Morgan fingerprint density at radius 2 is 1.60 bits per heavy atom. The molecule has 0 bridgehead atoms. The summed E-state index contributed by atoms with van der Waals surface area (Å²) in [5, 5.41) is 12.0. The minimum Gasteiger partial charge on any atom is -0.465 e. The number of carboxylic acid groups (broad SMARTS) is 1. The Labute approximate surface area is 269 Å². The van der Waals surface area contributed by atoms with Crippen LogP contribution in [0.15, 0.2) is 54.6 Å². The Hall–Kier alpha value is -5.00. The van der Waals surface area contributed by atoms with Crippen molar-refractivity contribution in [3.63, 3.8) is 0 Å². The number of ether oxygens (including phenoxy) is 1. The van der Waals surface area contributed by atoms with Crippen LogP contribution >= 0.6 is 0 Å². The van der Waals surface area contributed by atoms with Gasteiger partial charge in [-0.25, -0.2) is 14.6 Å². The molecule has 0 radical (unpaired) electrons. The molecule has 3 heterocycles. The standard InChI is InChI=1S/C35H35F2N5O5/c1-34(2,3)47-33(46)42-15-4-6-28(42)30-39-26-13-9-20(17-27(26)40-30)19-8-11-22-23-12-10-21(18-25(23)35(36,37)24(22)16-19)38-31(43)29-7-5-14-41(29)32(44)45/h8-13,16-18,28-29H,4-7,14-15H2,1-3H3,(H,38,43)(H,39,40)(H,44,45). The molecule has 2 aliphatic heterocycles. The van der Waals surface area contributed by atoms with Gasteiger partial charge in [-0.1, -0.05) is 24.3 Å². The lowest BCUT2D eigenvalue weighted by Gasteiger charge is -2.27. The molecule has 244 valence electrons. The first-order valence-electron chi connectivity index (χ1n) is 15.8. The minimum absolute atomic E-state index is 0.136. The first-order chi connectivity index (χ1) is 22.3. The maximum atomic E-state index is 16.0. The van der Waals surface area contributed by atoms with E-state index in [0.717, 1.165) is 23.3 Å². The van der Waals surface area contributed by atoms with E-state index < -0.39 is 29.6 Å². The van der Waals surface area contributed by atoms with E-state index in [1.807, 2.05) is 39.0 Å². The fourth-order valence-corrected chi connectivity index (χ4v) is 6.93. The van der Waals surface area contributed by atoms with Crippen molar-refractivity contribution in [3.8, 4) is 22.3 Å². The predicted octanol–water partition coefficient (Wildman–Crippen LogP) is 7.50. The zero-order valence-electron chi connectivity index (χ0n) is 26.3. The number of hydrogen-bond donors (Lipinski definition) is 3. The van der Waals surface area contributed by atoms with Crippen molar-refractivity contribution in [1.82, 2.24) is 19.8 Å². The first kappa shape index (κ1) is 30.6. The highest BCUT2D eigenvalue weighted by Gasteiger charge is 2.45. The fraction of sp³-hybridized carbons (Fsp3) is 0.371. The van der Waals surface area contributed by atoms with Crippen molar-refractivity contribution in [2.45, 2.75) is 70.1 Å². The number of nitrogens with zero attached hydrogens (tertiary/aromatic N) is 3. The molecular weight excluding hydrogens is 608 g/mol. The van der Waals surface area contributed by atoms with Crippen LogP contribution in [0.3, 0.4) is 0 Å². The van der Waals surface area contributed by atoms with Crippen molar-refractivity contribution >= 4 is 34.8 Å². The zero-order chi connectivity index (χ0) is 33.2. The van der Waals surface area contributed by atoms with Crippen LogP contribution in [0, 0.1) is 0 Å². The lowest BCUT2D eigenvalue weighted by atomic mass is 9.98. The van der Waals surface area contributed by atoms with Crippen LogP contribution in [-0.2, 0) is 15.5 Å². The summed E-state index contributed by atoms with van der Waals surface area (Å²) in [5.74, 6) is -3.20. The van der Waals surface area contributed by atoms with E-state index in [0.29, 0.717) is 53.0 Å². The number of likely N-dealkylation sites (tertiary alicyclic amines) is 2. The van der Waals surface area contributed by atoms with Crippen LogP contribution in [0.5, 0.6) is 0 Å². The zero-order valence-corrected chi connectivity index (χ0v) is 26.3.